The van der Waals surface area contributed by atoms with E-state index in [0.717, 1.165) is 0 Å². The van der Waals surface area contributed by atoms with Crippen molar-refractivity contribution in [3.63, 3.8) is 0 Å². The molecular weight excluding hydrogens is 150 g/mol. The van der Waals surface area contributed by atoms with Crippen molar-refractivity contribution in [3.8, 4) is 0 Å². The van der Waals surface area contributed by atoms with Gasteiger partial charge >= 0.3 is 11.9 Å². The highest BCUT2D eigenvalue weighted by Crippen LogP contribution is 2.02. The lowest BCUT2D eigenvalue weighted by Crippen LogP contribution is -2.54. The van der Waals surface area contributed by atoms with Crippen molar-refractivity contribution in [2.24, 2.45) is 0 Å². The molecular formula is C6H12NO4+. The van der Waals surface area contributed by atoms with Gasteiger partial charge in [-0.1, -0.05) is 0 Å². The van der Waals surface area contributed by atoms with E-state index < -0.39 is 18.0 Å². The van der Waals surface area contributed by atoms with E-state index in [9.17, 15) is 9.59 Å². The van der Waals surface area contributed by atoms with E-state index in [-0.39, 0.29) is 4.48 Å². The summed E-state index contributed by atoms with van der Waals surface area (Å²) in [6.45, 7) is 0. The lowest BCUT2D eigenvalue weighted by atomic mass is 10.2. The molecule has 5 heteroatoms. The van der Waals surface area contributed by atoms with E-state index >= 15 is 0 Å². The average molecular weight is 162 g/mol. The Labute approximate surface area is 64.4 Å². The monoisotopic (exact) mass is 162 g/mol. The Balaban J connectivity index is 4.63. The lowest BCUT2D eigenvalue weighted by molar-refractivity contribution is -0.878. The second kappa shape index (κ2) is 2.87. The number of quaternary nitrogens is 1. The van der Waals surface area contributed by atoms with Gasteiger partial charge in [0.2, 0.25) is 0 Å². The molecule has 0 fully saturated rings. The van der Waals surface area contributed by atoms with Crippen molar-refractivity contribution in [3.05, 3.63) is 0 Å². The highest BCUT2D eigenvalue weighted by Gasteiger charge is 2.38. The van der Waals surface area contributed by atoms with Crippen LogP contribution in [0.15, 0.2) is 0 Å². The summed E-state index contributed by atoms with van der Waals surface area (Å²) < 4.78 is -0.120. The summed E-state index contributed by atoms with van der Waals surface area (Å²) in [6, 6.07) is -1.39. The summed E-state index contributed by atoms with van der Waals surface area (Å²) in [5.41, 5.74) is 0. The fourth-order valence-electron chi connectivity index (χ4n) is 0.768. The number of rotatable bonds is 3. The van der Waals surface area contributed by atoms with Crippen LogP contribution in [-0.4, -0.2) is 53.8 Å². The highest BCUT2D eigenvalue weighted by molar-refractivity contribution is 5.95. The molecule has 0 aliphatic rings. The Bertz CT molecular complexity index is 168. The first-order valence-electron chi connectivity index (χ1n) is 3.03. The van der Waals surface area contributed by atoms with E-state index in [0.29, 0.717) is 0 Å². The minimum atomic E-state index is -1.39. The van der Waals surface area contributed by atoms with Crippen LogP contribution in [0, 0.1) is 0 Å². The van der Waals surface area contributed by atoms with Crippen molar-refractivity contribution in [2.75, 3.05) is 21.1 Å². The number of carboxylic acid groups (broad SMARTS) is 2. The van der Waals surface area contributed by atoms with Crippen LogP contribution in [0.4, 0.5) is 0 Å². The zero-order valence-corrected chi connectivity index (χ0v) is 6.74. The third-order valence-corrected chi connectivity index (χ3v) is 1.24. The zero-order chi connectivity index (χ0) is 9.23. The predicted molar refractivity (Wildman–Crippen MR) is 37.1 cm³/mol. The third kappa shape index (κ3) is 2.55. The van der Waals surface area contributed by atoms with Gasteiger partial charge in [-0.2, -0.15) is 0 Å². The van der Waals surface area contributed by atoms with Gasteiger partial charge < -0.3 is 14.7 Å². The number of aliphatic carboxylic acids is 2. The summed E-state index contributed by atoms with van der Waals surface area (Å²) in [5.74, 6) is -2.63. The molecule has 0 aliphatic carbocycles. The number of likely N-dealkylation sites (N-methyl/N-ethyl adjacent to an activating group) is 1. The number of carboxylic acids is 2. The summed E-state index contributed by atoms with van der Waals surface area (Å²) in [4.78, 5) is 20.8. The van der Waals surface area contributed by atoms with Gasteiger partial charge in [-0.3, -0.25) is 0 Å². The second-order valence-corrected chi connectivity index (χ2v) is 3.20. The molecule has 5 nitrogen and oxygen atoms in total. The van der Waals surface area contributed by atoms with E-state index in [2.05, 4.69) is 0 Å². The van der Waals surface area contributed by atoms with Crippen molar-refractivity contribution in [2.45, 2.75) is 6.04 Å². The first-order chi connectivity index (χ1) is 4.76. The molecule has 0 heterocycles. The molecule has 0 rings (SSSR count). The maximum Gasteiger partial charge on any atom is 0.374 e. The first kappa shape index (κ1) is 9.90. The van der Waals surface area contributed by atoms with Crippen LogP contribution in [0.25, 0.3) is 0 Å². The van der Waals surface area contributed by atoms with Gasteiger partial charge in [-0.05, 0) is 0 Å². The summed E-state index contributed by atoms with van der Waals surface area (Å²) in [5, 5.41) is 17.0. The quantitative estimate of drug-likeness (QED) is 0.422. The molecule has 0 saturated carbocycles. The zero-order valence-electron chi connectivity index (χ0n) is 6.74. The molecule has 11 heavy (non-hydrogen) atoms. The van der Waals surface area contributed by atoms with Gasteiger partial charge in [0.1, 0.15) is 0 Å². The fourth-order valence-corrected chi connectivity index (χ4v) is 0.768. The fraction of sp³-hybridized carbons (Fsp3) is 0.667. The van der Waals surface area contributed by atoms with Crippen LogP contribution >= 0.6 is 0 Å². The Kier molecular flexibility index (Phi) is 2.59. The van der Waals surface area contributed by atoms with Gasteiger partial charge in [0.25, 0.3) is 6.04 Å². The molecule has 0 atom stereocenters. The average Bonchev–Trinajstić information content (AvgIpc) is 1.54. The molecule has 0 bridgehead atoms. The van der Waals surface area contributed by atoms with Gasteiger partial charge in [-0.15, -0.1) is 0 Å². The van der Waals surface area contributed by atoms with Crippen molar-refractivity contribution < 1.29 is 24.3 Å². The molecule has 0 aromatic carbocycles. The predicted octanol–water partition coefficient (Wildman–Crippen LogP) is -0.770. The molecule has 0 unspecified atom stereocenters. The third-order valence-electron chi connectivity index (χ3n) is 1.24. The van der Waals surface area contributed by atoms with Crippen LogP contribution in [0.1, 0.15) is 0 Å². The Hall–Kier alpha value is -1.10. The molecule has 64 valence electrons. The molecule has 0 amide bonds. The minimum absolute atomic E-state index is 0.120. The van der Waals surface area contributed by atoms with E-state index in [4.69, 9.17) is 10.2 Å². The van der Waals surface area contributed by atoms with Gasteiger partial charge in [0.15, 0.2) is 0 Å². The summed E-state index contributed by atoms with van der Waals surface area (Å²) in [6.07, 6.45) is 0. The van der Waals surface area contributed by atoms with E-state index in [1.165, 1.54) is 21.1 Å². The lowest BCUT2D eigenvalue weighted by Gasteiger charge is -2.27. The Morgan fingerprint density at radius 1 is 1.09 bits per heavy atom. The van der Waals surface area contributed by atoms with Gasteiger partial charge in [0.05, 0.1) is 21.1 Å². The molecule has 2 N–H and O–H groups in total. The van der Waals surface area contributed by atoms with E-state index in [1.807, 2.05) is 0 Å². The van der Waals surface area contributed by atoms with Crippen molar-refractivity contribution >= 4 is 11.9 Å². The van der Waals surface area contributed by atoms with E-state index in [1.54, 1.807) is 0 Å². The number of nitrogens with zero attached hydrogens (tertiary/aromatic N) is 1. The Morgan fingerprint density at radius 2 is 1.36 bits per heavy atom. The van der Waals surface area contributed by atoms with Crippen LogP contribution in [0.3, 0.4) is 0 Å². The number of hydrogen-bond donors (Lipinski definition) is 2. The minimum Gasteiger partial charge on any atom is -0.476 e. The molecule has 0 radical (unpaired) electrons. The Morgan fingerprint density at radius 3 is 1.36 bits per heavy atom. The normalized spacial score (nSPS) is 11.6. The molecule has 0 spiro atoms. The van der Waals surface area contributed by atoms with Crippen molar-refractivity contribution in [1.82, 2.24) is 0 Å². The SMILES string of the molecule is C[N+](C)(C)C(C(=O)O)C(=O)O. The molecule has 0 aromatic rings. The highest BCUT2D eigenvalue weighted by atomic mass is 16.4. The second-order valence-electron chi connectivity index (χ2n) is 3.20. The van der Waals surface area contributed by atoms with Crippen molar-refractivity contribution in [1.29, 1.82) is 0 Å². The van der Waals surface area contributed by atoms with Gasteiger partial charge in [0, 0.05) is 0 Å². The first-order valence-corrected chi connectivity index (χ1v) is 3.03. The van der Waals surface area contributed by atoms with Crippen LogP contribution in [0.2, 0.25) is 0 Å². The van der Waals surface area contributed by atoms with Crippen LogP contribution in [0.5, 0.6) is 0 Å². The maximum atomic E-state index is 10.4. The number of hydrogen-bond acceptors (Lipinski definition) is 2. The summed E-state index contributed by atoms with van der Waals surface area (Å²) in [7, 11) is 4.56. The number of carbonyl (C=O) groups is 2. The van der Waals surface area contributed by atoms with Gasteiger partial charge in [-0.25, -0.2) is 9.59 Å². The maximum absolute atomic E-state index is 10.4. The molecule has 0 aliphatic heterocycles. The van der Waals surface area contributed by atoms with Crippen LogP contribution < -0.4 is 0 Å². The van der Waals surface area contributed by atoms with Crippen LogP contribution in [-0.2, 0) is 9.59 Å². The smallest absolute Gasteiger partial charge is 0.374 e. The summed E-state index contributed by atoms with van der Waals surface area (Å²) >= 11 is 0. The largest absolute Gasteiger partial charge is 0.476 e. The standard InChI is InChI=1S/C6H11NO4/c1-7(2,3)4(5(8)9)6(10)11/h4H,1-3H3,(H-,8,9,10,11)/p+1. The topological polar surface area (TPSA) is 74.6 Å². The molecule has 0 aromatic heterocycles. The molecule has 0 saturated heterocycles.